The zero-order valence-corrected chi connectivity index (χ0v) is 22.2. The molecule has 24 N–H and O–H groups in total. The van der Waals surface area contributed by atoms with E-state index in [0.717, 1.165) is 0 Å². The van der Waals surface area contributed by atoms with Crippen LogP contribution in [0.5, 0.6) is 0 Å². The Morgan fingerprint density at radius 3 is 0.667 bits per heavy atom. The third-order valence-electron chi connectivity index (χ3n) is 4.87. The van der Waals surface area contributed by atoms with Crippen LogP contribution in [0.15, 0.2) is 0 Å². The molecular weight excluding hydrogens is 612 g/mol. The van der Waals surface area contributed by atoms with Gasteiger partial charge in [0.05, 0.1) is 0 Å². The van der Waals surface area contributed by atoms with Gasteiger partial charge >= 0.3 is 31.2 Å². The van der Waals surface area contributed by atoms with E-state index in [1.165, 1.54) is 0 Å². The smallest absolute Gasteiger partial charge is 0.368 e. The minimum absolute atomic E-state index is 0.0316. The minimum Gasteiger partial charge on any atom is -0.368 e. The number of rotatable bonds is 0. The van der Waals surface area contributed by atoms with Gasteiger partial charge in [-0.3, -0.25) is 38.8 Å². The first-order chi connectivity index (χ1) is 16.4. The Morgan fingerprint density at radius 2 is 0.564 bits per heavy atom. The lowest BCUT2D eigenvalue weighted by Crippen LogP contribution is -2.82. The lowest BCUT2D eigenvalue weighted by molar-refractivity contribution is -0.311. The van der Waals surface area contributed by atoms with Gasteiger partial charge in [-0.05, 0) is 25.7 Å². The molecule has 0 heterocycles. The van der Waals surface area contributed by atoms with Crippen molar-refractivity contribution in [2.45, 2.75) is 72.9 Å². The van der Waals surface area contributed by atoms with E-state index in [4.69, 9.17) is 87.0 Å². The second kappa shape index (κ2) is 13.9. The second-order valence-corrected chi connectivity index (χ2v) is 11.0. The predicted octanol–water partition coefficient (Wildman–Crippen LogP) is -7.73. The van der Waals surface area contributed by atoms with Gasteiger partial charge in [-0.1, -0.05) is 0 Å². The van der Waals surface area contributed by atoms with Crippen molar-refractivity contribution in [3.63, 3.8) is 0 Å². The molecule has 27 heteroatoms. The molecular formula is C12H36N6O18S3. The Morgan fingerprint density at radius 1 is 0.410 bits per heavy atom. The highest BCUT2D eigenvalue weighted by Crippen LogP contribution is 2.35. The molecule has 2 rings (SSSR count). The zero-order chi connectivity index (χ0) is 32.7. The number of nitrogens with two attached hydrogens (primary N) is 6. The molecule has 2 aliphatic rings. The summed E-state index contributed by atoms with van der Waals surface area (Å²) < 4.78 is 94.8. The standard InChI is InChI=1S/2C6H15N3O3.3H2O4S/c2*7-4(8)2-1-3-5(10,11)6(4,9)12;3*1-5(2,3)4/h2*10-12H,1-3,7-9H2;3*(H2,1,2,3,4). The molecule has 0 aromatic rings. The third kappa shape index (κ3) is 17.5. The van der Waals surface area contributed by atoms with Gasteiger partial charge in [0.2, 0.25) is 11.6 Å². The first-order valence-electron chi connectivity index (χ1n) is 9.58. The lowest BCUT2D eigenvalue weighted by Gasteiger charge is -2.49. The fourth-order valence-corrected chi connectivity index (χ4v) is 2.76. The van der Waals surface area contributed by atoms with E-state index >= 15 is 0 Å². The summed E-state index contributed by atoms with van der Waals surface area (Å²) in [6.45, 7) is 0. The van der Waals surface area contributed by atoms with Crippen molar-refractivity contribution in [1.29, 1.82) is 0 Å². The molecule has 0 saturated heterocycles. The van der Waals surface area contributed by atoms with Crippen molar-refractivity contribution >= 4 is 31.2 Å². The maximum atomic E-state index is 9.46. The molecule has 0 amide bonds. The van der Waals surface area contributed by atoms with E-state index in [9.17, 15) is 30.6 Å². The van der Waals surface area contributed by atoms with Crippen LogP contribution < -0.4 is 34.4 Å². The highest BCUT2D eigenvalue weighted by Gasteiger charge is 2.59. The number of aliphatic hydroxyl groups is 6. The summed E-state index contributed by atoms with van der Waals surface area (Å²) in [4.78, 5) is 0. The summed E-state index contributed by atoms with van der Waals surface area (Å²) in [5.74, 6) is -4.82. The Labute approximate surface area is 221 Å². The molecule has 2 atom stereocenters. The minimum atomic E-state index is -4.67. The van der Waals surface area contributed by atoms with Crippen LogP contribution >= 0.6 is 0 Å². The molecule has 0 radical (unpaired) electrons. The third-order valence-corrected chi connectivity index (χ3v) is 4.87. The first kappa shape index (κ1) is 42.6. The van der Waals surface area contributed by atoms with Gasteiger partial charge in [0.15, 0.2) is 11.4 Å². The molecule has 2 fully saturated rings. The van der Waals surface area contributed by atoms with Crippen molar-refractivity contribution in [1.82, 2.24) is 0 Å². The van der Waals surface area contributed by atoms with Crippen molar-refractivity contribution in [3.05, 3.63) is 0 Å². The van der Waals surface area contributed by atoms with Crippen LogP contribution in [0.1, 0.15) is 38.5 Å². The van der Waals surface area contributed by atoms with Gasteiger partial charge in [-0.2, -0.15) is 25.3 Å². The van der Waals surface area contributed by atoms with E-state index in [-0.39, 0.29) is 25.7 Å². The Bertz CT molecular complexity index is 914. The molecule has 0 aromatic heterocycles. The molecule has 0 spiro atoms. The topological polar surface area (TPSA) is 501 Å². The van der Waals surface area contributed by atoms with Crippen LogP contribution in [0.4, 0.5) is 0 Å². The zero-order valence-electron chi connectivity index (χ0n) is 19.7. The fourth-order valence-electron chi connectivity index (χ4n) is 2.76. The Kier molecular flexibility index (Phi) is 15.1. The molecule has 39 heavy (non-hydrogen) atoms. The molecule has 0 aromatic carbocycles. The molecule has 24 nitrogen and oxygen atoms in total. The summed E-state index contributed by atoms with van der Waals surface area (Å²) in [6.07, 6.45) is 1.27. The van der Waals surface area contributed by atoms with E-state index in [2.05, 4.69) is 0 Å². The van der Waals surface area contributed by atoms with Crippen LogP contribution in [0.3, 0.4) is 0 Å². The summed E-state index contributed by atoms with van der Waals surface area (Å²) >= 11 is 0. The van der Waals surface area contributed by atoms with Gasteiger partial charge in [-0.25, -0.2) is 0 Å². The Balaban J connectivity index is -0.000000447. The second-order valence-electron chi connectivity index (χ2n) is 8.30. The van der Waals surface area contributed by atoms with Crippen LogP contribution in [0.2, 0.25) is 0 Å². The highest BCUT2D eigenvalue weighted by atomic mass is 32.3. The largest absolute Gasteiger partial charge is 0.394 e. The van der Waals surface area contributed by atoms with E-state index in [0.29, 0.717) is 12.8 Å². The van der Waals surface area contributed by atoms with Gasteiger partial charge in [0.1, 0.15) is 11.3 Å². The average Bonchev–Trinajstić information content (AvgIpc) is 2.54. The van der Waals surface area contributed by atoms with Gasteiger partial charge < -0.3 is 53.6 Å². The van der Waals surface area contributed by atoms with Gasteiger partial charge in [0.25, 0.3) is 0 Å². The first-order valence-corrected chi connectivity index (χ1v) is 13.8. The average molecular weight is 649 g/mol. The van der Waals surface area contributed by atoms with Crippen LogP contribution in [0.25, 0.3) is 0 Å². The van der Waals surface area contributed by atoms with Crippen LogP contribution in [-0.4, -0.2) is 118 Å². The summed E-state index contributed by atoms with van der Waals surface area (Å²) in [6, 6.07) is 0. The number of hydrogen-bond donors (Lipinski definition) is 18. The van der Waals surface area contributed by atoms with Crippen molar-refractivity contribution in [2.75, 3.05) is 0 Å². The maximum Gasteiger partial charge on any atom is 0.394 e. The quantitative estimate of drug-likeness (QED) is 0.0856. The molecule has 0 aliphatic heterocycles. The van der Waals surface area contributed by atoms with Crippen molar-refractivity contribution in [2.24, 2.45) is 34.4 Å². The maximum absolute atomic E-state index is 9.46. The highest BCUT2D eigenvalue weighted by molar-refractivity contribution is 7.80. The van der Waals surface area contributed by atoms with E-state index < -0.39 is 65.5 Å². The van der Waals surface area contributed by atoms with Gasteiger partial charge in [0, 0.05) is 12.8 Å². The van der Waals surface area contributed by atoms with Crippen molar-refractivity contribution < 1.29 is 83.2 Å². The normalized spacial score (nSPS) is 28.8. The monoisotopic (exact) mass is 648 g/mol. The van der Waals surface area contributed by atoms with Crippen LogP contribution in [-0.2, 0) is 31.2 Å². The van der Waals surface area contributed by atoms with E-state index in [1.54, 1.807) is 0 Å². The molecule has 0 bridgehead atoms. The number of hydrogen-bond acceptors (Lipinski definition) is 18. The SMILES string of the molecule is NC1(N)CCCC(O)(O)C1(N)O.NC1(N)CCCC(O)(O)C1(N)O.O=S(=O)(O)O.O=S(=O)(O)O.O=S(=O)(O)O. The fraction of sp³-hybridized carbons (Fsp3) is 1.00. The van der Waals surface area contributed by atoms with Crippen LogP contribution in [0, 0.1) is 0 Å². The summed E-state index contributed by atoms with van der Waals surface area (Å²) in [5.41, 5.74) is 24.1. The molecule has 240 valence electrons. The van der Waals surface area contributed by atoms with Gasteiger partial charge in [-0.15, -0.1) is 0 Å². The molecule has 2 aliphatic carbocycles. The van der Waals surface area contributed by atoms with E-state index in [1.807, 2.05) is 0 Å². The van der Waals surface area contributed by atoms with Crippen molar-refractivity contribution in [3.8, 4) is 0 Å². The summed E-state index contributed by atoms with van der Waals surface area (Å²) in [7, 11) is -14.0. The Hall–Kier alpha value is -0.870. The molecule has 2 unspecified atom stereocenters. The summed E-state index contributed by atoms with van der Waals surface area (Å²) in [5, 5.41) is 55.9. The predicted molar refractivity (Wildman–Crippen MR) is 125 cm³/mol. The molecule has 2 saturated carbocycles. The lowest BCUT2D eigenvalue weighted by atomic mass is 9.78.